The van der Waals surface area contributed by atoms with Crippen LogP contribution in [-0.2, 0) is 5.41 Å². The minimum atomic E-state index is 0.134. The van der Waals surface area contributed by atoms with Gasteiger partial charge < -0.3 is 0 Å². The fraction of sp³-hybridized carbons (Fsp3) is 0.182. The topological polar surface area (TPSA) is 0 Å². The lowest BCUT2D eigenvalue weighted by Crippen LogP contribution is -2.33. The van der Waals surface area contributed by atoms with Crippen molar-refractivity contribution in [3.63, 3.8) is 0 Å². The molecule has 4 unspecified atom stereocenters. The highest BCUT2D eigenvalue weighted by Crippen LogP contribution is 2.67. The molecular formula is C44H34S. The monoisotopic (exact) mass is 594 g/mol. The Morgan fingerprint density at radius 3 is 2.16 bits per heavy atom. The Morgan fingerprint density at radius 2 is 1.31 bits per heavy atom. The second-order valence-corrected chi connectivity index (χ2v) is 14.7. The van der Waals surface area contributed by atoms with Crippen LogP contribution in [0.15, 0.2) is 140 Å². The van der Waals surface area contributed by atoms with E-state index in [1.807, 2.05) is 11.3 Å². The lowest BCUT2D eigenvalue weighted by atomic mass is 9.64. The lowest BCUT2D eigenvalue weighted by molar-refractivity contribution is 0.325. The van der Waals surface area contributed by atoms with Crippen molar-refractivity contribution in [1.82, 2.24) is 0 Å². The second-order valence-electron chi connectivity index (χ2n) is 13.6. The zero-order chi connectivity index (χ0) is 29.5. The SMILES string of the molecule is c1ccc(-c2ccc(C(c3ccc4c(c3)sc3ccccc34)c3cccc4c3C3(CC5CCC3C5)c3ccccc3-4)cc2)cc1. The molecule has 7 aromatic rings. The van der Waals surface area contributed by atoms with Gasteiger partial charge in [0.15, 0.2) is 0 Å². The molecule has 1 heterocycles. The molecule has 0 aliphatic heterocycles. The molecule has 2 saturated carbocycles. The highest BCUT2D eigenvalue weighted by Gasteiger charge is 2.57. The van der Waals surface area contributed by atoms with Crippen molar-refractivity contribution in [2.75, 3.05) is 0 Å². The third-order valence-corrected chi connectivity index (χ3v) is 12.6. The maximum Gasteiger partial charge on any atom is 0.0358 e. The number of benzene rings is 6. The summed E-state index contributed by atoms with van der Waals surface area (Å²) in [5.74, 6) is 1.74. The molecule has 1 heteroatoms. The minimum Gasteiger partial charge on any atom is -0.135 e. The third kappa shape index (κ3) is 3.71. The molecule has 0 radical (unpaired) electrons. The van der Waals surface area contributed by atoms with Crippen molar-refractivity contribution in [1.29, 1.82) is 0 Å². The van der Waals surface area contributed by atoms with Gasteiger partial charge in [-0.25, -0.2) is 0 Å². The summed E-state index contributed by atoms with van der Waals surface area (Å²) in [5.41, 5.74) is 13.1. The Morgan fingerprint density at radius 1 is 0.578 bits per heavy atom. The molecule has 0 amide bonds. The van der Waals surface area contributed by atoms with Gasteiger partial charge in [0.1, 0.15) is 0 Å². The van der Waals surface area contributed by atoms with E-state index in [9.17, 15) is 0 Å². The van der Waals surface area contributed by atoms with Crippen molar-refractivity contribution in [2.45, 2.75) is 37.0 Å². The lowest BCUT2D eigenvalue weighted by Gasteiger charge is -2.39. The van der Waals surface area contributed by atoms with E-state index in [1.165, 1.54) is 84.8 Å². The maximum absolute atomic E-state index is 2.50. The standard InChI is InChI=1S/C44H34S/c1-2-9-29(10-3-1)30-18-20-31(21-19-30)42(32-22-24-36-35-12-5-7-16-40(35)45-41(36)26-32)38-14-8-13-37-34-11-4-6-15-39(34)44(43(37)38)27-28-17-23-33(44)25-28/h1-16,18-22,24,26,28,33,42H,17,23,25,27H2. The Kier molecular flexibility index (Phi) is 5.61. The van der Waals surface area contributed by atoms with E-state index in [1.54, 1.807) is 11.1 Å². The normalized spacial score (nSPS) is 21.9. The van der Waals surface area contributed by atoms with Gasteiger partial charge in [-0.1, -0.05) is 134 Å². The van der Waals surface area contributed by atoms with Crippen molar-refractivity contribution in [3.05, 3.63) is 167 Å². The molecule has 2 bridgehead atoms. The van der Waals surface area contributed by atoms with Crippen LogP contribution in [-0.4, -0.2) is 0 Å². The molecule has 6 aromatic carbocycles. The van der Waals surface area contributed by atoms with Gasteiger partial charge in [-0.05, 0) is 93.3 Å². The average molecular weight is 595 g/mol. The van der Waals surface area contributed by atoms with Crippen LogP contribution in [0, 0.1) is 11.8 Å². The van der Waals surface area contributed by atoms with Gasteiger partial charge in [-0.3, -0.25) is 0 Å². The van der Waals surface area contributed by atoms with Gasteiger partial charge in [-0.15, -0.1) is 11.3 Å². The molecule has 10 rings (SSSR count). The molecule has 216 valence electrons. The van der Waals surface area contributed by atoms with Gasteiger partial charge in [-0.2, -0.15) is 0 Å². The molecule has 45 heavy (non-hydrogen) atoms. The summed E-state index contributed by atoms with van der Waals surface area (Å²) in [7, 11) is 0. The van der Waals surface area contributed by atoms with Crippen LogP contribution < -0.4 is 0 Å². The maximum atomic E-state index is 2.50. The predicted molar refractivity (Wildman–Crippen MR) is 190 cm³/mol. The van der Waals surface area contributed by atoms with Crippen molar-refractivity contribution in [2.24, 2.45) is 11.8 Å². The van der Waals surface area contributed by atoms with Crippen LogP contribution in [0.5, 0.6) is 0 Å². The van der Waals surface area contributed by atoms with Gasteiger partial charge in [0.25, 0.3) is 0 Å². The fourth-order valence-corrected chi connectivity index (χ4v) is 10.9. The van der Waals surface area contributed by atoms with E-state index < -0.39 is 0 Å². The summed E-state index contributed by atoms with van der Waals surface area (Å²) in [6, 6.07) is 53.0. The number of rotatable bonds is 4. The second kappa shape index (κ2) is 9.77. The number of fused-ring (bicyclic) bond motifs is 11. The van der Waals surface area contributed by atoms with Crippen LogP contribution in [0.2, 0.25) is 0 Å². The van der Waals surface area contributed by atoms with Gasteiger partial charge in [0.2, 0.25) is 0 Å². The first-order chi connectivity index (χ1) is 22.3. The molecule has 0 saturated heterocycles. The first-order valence-corrected chi connectivity index (χ1v) is 17.4. The Balaban J connectivity index is 1.22. The molecular weight excluding hydrogens is 561 g/mol. The van der Waals surface area contributed by atoms with Gasteiger partial charge in [0.05, 0.1) is 0 Å². The molecule has 2 fully saturated rings. The predicted octanol–water partition coefficient (Wildman–Crippen LogP) is 12.0. The van der Waals surface area contributed by atoms with Crippen LogP contribution in [0.1, 0.15) is 59.4 Å². The number of hydrogen-bond donors (Lipinski definition) is 0. The van der Waals surface area contributed by atoms with Crippen LogP contribution >= 0.6 is 11.3 Å². The summed E-state index contributed by atoms with van der Waals surface area (Å²) in [6.45, 7) is 0. The van der Waals surface area contributed by atoms with Crippen LogP contribution in [0.4, 0.5) is 0 Å². The summed E-state index contributed by atoms with van der Waals surface area (Å²) >= 11 is 1.93. The van der Waals surface area contributed by atoms with E-state index in [-0.39, 0.29) is 11.3 Å². The van der Waals surface area contributed by atoms with Gasteiger partial charge >= 0.3 is 0 Å². The quantitative estimate of drug-likeness (QED) is 0.178. The Bertz CT molecular complexity index is 2240. The summed E-state index contributed by atoms with van der Waals surface area (Å²) in [6.07, 6.45) is 5.44. The van der Waals surface area contributed by atoms with Crippen molar-refractivity contribution in [3.8, 4) is 22.3 Å². The summed E-state index contributed by atoms with van der Waals surface area (Å²) in [5, 5.41) is 2.73. The zero-order valence-electron chi connectivity index (χ0n) is 25.2. The van der Waals surface area contributed by atoms with E-state index in [4.69, 9.17) is 0 Å². The van der Waals surface area contributed by atoms with E-state index in [2.05, 4.69) is 140 Å². The molecule has 3 aliphatic carbocycles. The average Bonchev–Trinajstić information content (AvgIpc) is 3.87. The molecule has 4 atom stereocenters. The summed E-state index contributed by atoms with van der Waals surface area (Å²) < 4.78 is 2.75. The van der Waals surface area contributed by atoms with Crippen molar-refractivity contribution >= 4 is 31.5 Å². The highest BCUT2D eigenvalue weighted by atomic mass is 32.1. The van der Waals surface area contributed by atoms with E-state index in [0.717, 1.165) is 11.8 Å². The number of thiophene rings is 1. The Hall–Kier alpha value is -4.46. The molecule has 1 aromatic heterocycles. The van der Waals surface area contributed by atoms with E-state index in [0.29, 0.717) is 0 Å². The fourth-order valence-electron chi connectivity index (χ4n) is 9.71. The van der Waals surface area contributed by atoms with E-state index >= 15 is 0 Å². The van der Waals surface area contributed by atoms with Crippen molar-refractivity contribution < 1.29 is 0 Å². The first kappa shape index (κ1) is 25.8. The molecule has 0 N–H and O–H groups in total. The smallest absolute Gasteiger partial charge is 0.0358 e. The highest BCUT2D eigenvalue weighted by molar-refractivity contribution is 7.25. The van der Waals surface area contributed by atoms with Crippen LogP contribution in [0.25, 0.3) is 42.4 Å². The molecule has 1 spiro atoms. The zero-order valence-corrected chi connectivity index (χ0v) is 26.1. The summed E-state index contributed by atoms with van der Waals surface area (Å²) in [4.78, 5) is 0. The van der Waals surface area contributed by atoms with Crippen LogP contribution in [0.3, 0.4) is 0 Å². The third-order valence-electron chi connectivity index (χ3n) is 11.5. The molecule has 3 aliphatic rings. The minimum absolute atomic E-state index is 0.134. The number of hydrogen-bond acceptors (Lipinski definition) is 1. The molecule has 0 nitrogen and oxygen atoms in total. The first-order valence-electron chi connectivity index (χ1n) is 16.6. The Labute approximate surface area is 269 Å². The van der Waals surface area contributed by atoms with Gasteiger partial charge in [0, 0.05) is 31.5 Å². The largest absolute Gasteiger partial charge is 0.135 e.